The number of carbonyl (C=O) groups is 1. The molecule has 1 aromatic rings. The summed E-state index contributed by atoms with van der Waals surface area (Å²) in [5.74, 6) is 0.501. The number of thioether (sulfide) groups is 1. The number of carbonyl (C=O) groups excluding carboxylic acids is 1. The van der Waals surface area contributed by atoms with Gasteiger partial charge in [-0.15, -0.1) is 11.8 Å². The lowest BCUT2D eigenvalue weighted by molar-refractivity contribution is -0.556. The van der Waals surface area contributed by atoms with Crippen molar-refractivity contribution in [1.82, 2.24) is 4.90 Å². The van der Waals surface area contributed by atoms with Crippen molar-refractivity contribution in [3.63, 3.8) is 0 Å². The lowest BCUT2D eigenvalue weighted by atomic mass is 9.91. The first-order valence-corrected chi connectivity index (χ1v) is 9.68. The molecule has 1 aromatic carbocycles. The molecule has 142 valence electrons. The van der Waals surface area contributed by atoms with Crippen molar-refractivity contribution >= 4 is 17.7 Å². The predicted molar refractivity (Wildman–Crippen MR) is 100 cm³/mol. The van der Waals surface area contributed by atoms with Crippen molar-refractivity contribution in [3.05, 3.63) is 58.0 Å². The predicted octanol–water partition coefficient (Wildman–Crippen LogP) is 2.69. The molecular weight excluding hydrogens is 356 g/mol. The number of hydrogen-bond donors (Lipinski definition) is 0. The van der Waals surface area contributed by atoms with Crippen LogP contribution in [0.3, 0.4) is 0 Å². The number of nitrogens with zero attached hydrogens (tertiary/aromatic N) is 2. The second-order valence-electron chi connectivity index (χ2n) is 5.92. The van der Waals surface area contributed by atoms with Gasteiger partial charge in [-0.1, -0.05) is 30.3 Å². The molecule has 8 heteroatoms. The summed E-state index contributed by atoms with van der Waals surface area (Å²) in [4.78, 5) is 25.7. The molecule has 0 saturated carbocycles. The summed E-state index contributed by atoms with van der Waals surface area (Å²) in [6.45, 7) is 5.06. The summed E-state index contributed by atoms with van der Waals surface area (Å²) in [5.41, 5.74) is -0.636. The van der Waals surface area contributed by atoms with Gasteiger partial charge in [-0.05, 0) is 19.4 Å². The van der Waals surface area contributed by atoms with Gasteiger partial charge in [0.1, 0.15) is 6.26 Å². The van der Waals surface area contributed by atoms with Gasteiger partial charge in [0.2, 0.25) is 18.5 Å². The molecule has 0 spiro atoms. The number of hydrogen-bond acceptors (Lipinski definition) is 6. The maximum atomic E-state index is 12.2. The molecule has 0 aliphatic carbocycles. The molecule has 1 heterocycles. The van der Waals surface area contributed by atoms with Crippen LogP contribution in [0.25, 0.3) is 0 Å². The molecular formula is C18H24N2O5S. The number of benzene rings is 1. The minimum absolute atomic E-state index is 0.0190. The first-order valence-electron chi connectivity index (χ1n) is 8.52. The third-order valence-electron chi connectivity index (χ3n) is 4.30. The van der Waals surface area contributed by atoms with E-state index in [-0.39, 0.29) is 41.3 Å². The van der Waals surface area contributed by atoms with E-state index in [1.807, 2.05) is 44.2 Å². The topological polar surface area (TPSA) is 81.9 Å². The van der Waals surface area contributed by atoms with E-state index in [1.165, 1.54) is 18.0 Å². The fraction of sp³-hybridized carbons (Fsp3) is 0.500. The Morgan fingerprint density at radius 1 is 1.31 bits per heavy atom. The molecule has 0 radical (unpaired) electrons. The number of amides is 1. The molecule has 1 amide bonds. The van der Waals surface area contributed by atoms with Crippen LogP contribution in [0.15, 0.2) is 42.4 Å². The fourth-order valence-corrected chi connectivity index (χ4v) is 3.96. The Morgan fingerprint density at radius 3 is 2.54 bits per heavy atom. The second kappa shape index (κ2) is 9.47. The largest absolute Gasteiger partial charge is 0.461 e. The number of rotatable bonds is 10. The van der Waals surface area contributed by atoms with Crippen LogP contribution in [0.5, 0.6) is 0 Å². The fourth-order valence-electron chi connectivity index (χ4n) is 2.81. The van der Waals surface area contributed by atoms with Crippen LogP contribution >= 0.6 is 11.8 Å². The highest BCUT2D eigenvalue weighted by atomic mass is 32.2. The molecule has 0 bridgehead atoms. The van der Waals surface area contributed by atoms with Crippen molar-refractivity contribution in [1.29, 1.82) is 0 Å². The van der Waals surface area contributed by atoms with E-state index in [1.54, 1.807) is 4.90 Å². The van der Waals surface area contributed by atoms with Gasteiger partial charge in [-0.3, -0.25) is 14.9 Å². The molecule has 0 N–H and O–H groups in total. The summed E-state index contributed by atoms with van der Waals surface area (Å²) in [7, 11) is 0. The molecule has 0 aromatic heterocycles. The Labute approximate surface area is 157 Å². The Balaban J connectivity index is 2.17. The quantitative estimate of drug-likeness (QED) is 0.458. The summed E-state index contributed by atoms with van der Waals surface area (Å²) < 4.78 is 10.5. The van der Waals surface area contributed by atoms with Crippen LogP contribution in [-0.2, 0) is 20.7 Å². The van der Waals surface area contributed by atoms with E-state index in [9.17, 15) is 14.9 Å². The normalized spacial score (nSPS) is 15.4. The molecule has 26 heavy (non-hydrogen) atoms. The molecule has 2 rings (SSSR count). The van der Waals surface area contributed by atoms with Crippen molar-refractivity contribution in [2.75, 3.05) is 31.4 Å². The van der Waals surface area contributed by atoms with E-state index >= 15 is 0 Å². The standard InChI is InChI=1S/C18H24N2O5S/c1-3-19(4-2)17(21)12-26-13-18(20(22)23,16-11-24-14-25-16)10-15-8-6-5-7-9-15/h5-9,11H,3-4,10,12-14H2,1-2H3. The van der Waals surface area contributed by atoms with Gasteiger partial charge in [0.15, 0.2) is 0 Å². The van der Waals surface area contributed by atoms with Crippen LogP contribution in [0.2, 0.25) is 0 Å². The van der Waals surface area contributed by atoms with Crippen LogP contribution in [0.1, 0.15) is 19.4 Å². The molecule has 0 saturated heterocycles. The van der Waals surface area contributed by atoms with Gasteiger partial charge < -0.3 is 14.4 Å². The molecule has 1 aliphatic heterocycles. The number of ether oxygens (including phenoxy) is 2. The third-order valence-corrected chi connectivity index (χ3v) is 5.44. The van der Waals surface area contributed by atoms with Crippen LogP contribution < -0.4 is 0 Å². The average molecular weight is 380 g/mol. The zero-order valence-corrected chi connectivity index (χ0v) is 15.9. The van der Waals surface area contributed by atoms with E-state index in [0.29, 0.717) is 13.1 Å². The first kappa shape index (κ1) is 20.1. The van der Waals surface area contributed by atoms with Crippen molar-refractivity contribution in [2.24, 2.45) is 0 Å². The molecule has 1 aliphatic rings. The Morgan fingerprint density at radius 2 is 2.00 bits per heavy atom. The molecule has 0 fully saturated rings. The summed E-state index contributed by atoms with van der Waals surface area (Å²) in [6, 6.07) is 9.25. The lowest BCUT2D eigenvalue weighted by Gasteiger charge is -2.25. The van der Waals surface area contributed by atoms with Gasteiger partial charge in [0, 0.05) is 18.0 Å². The molecule has 7 nitrogen and oxygen atoms in total. The third kappa shape index (κ3) is 4.69. The molecule has 1 unspecified atom stereocenters. The summed E-state index contributed by atoms with van der Waals surface area (Å²) >= 11 is 1.25. The minimum Gasteiger partial charge on any atom is -0.461 e. The van der Waals surface area contributed by atoms with Gasteiger partial charge in [-0.25, -0.2) is 0 Å². The van der Waals surface area contributed by atoms with Gasteiger partial charge in [-0.2, -0.15) is 0 Å². The Hall–Kier alpha value is -2.22. The Kier molecular flexibility index (Phi) is 7.32. The maximum absolute atomic E-state index is 12.2. The smallest absolute Gasteiger partial charge is 0.293 e. The van der Waals surface area contributed by atoms with Crippen LogP contribution in [0, 0.1) is 10.1 Å². The van der Waals surface area contributed by atoms with Gasteiger partial charge in [0.05, 0.1) is 17.9 Å². The monoisotopic (exact) mass is 380 g/mol. The number of nitro groups is 1. The second-order valence-corrected chi connectivity index (χ2v) is 6.91. The average Bonchev–Trinajstić information content (AvgIpc) is 3.17. The maximum Gasteiger partial charge on any atom is 0.293 e. The van der Waals surface area contributed by atoms with E-state index in [2.05, 4.69) is 0 Å². The van der Waals surface area contributed by atoms with Crippen molar-refractivity contribution in [2.45, 2.75) is 25.8 Å². The minimum atomic E-state index is -1.47. The van der Waals surface area contributed by atoms with Gasteiger partial charge >= 0.3 is 0 Å². The highest BCUT2D eigenvalue weighted by molar-refractivity contribution is 8.00. The van der Waals surface area contributed by atoms with Gasteiger partial charge in [0.25, 0.3) is 5.54 Å². The SMILES string of the molecule is CCN(CC)C(=O)CSCC(Cc1ccccc1)(C1=COCO1)[N+](=O)[O-]. The van der Waals surface area contributed by atoms with E-state index in [4.69, 9.17) is 9.47 Å². The van der Waals surface area contributed by atoms with E-state index in [0.717, 1.165) is 5.56 Å². The highest BCUT2D eigenvalue weighted by Gasteiger charge is 2.50. The summed E-state index contributed by atoms with van der Waals surface area (Å²) in [6.07, 6.45) is 1.49. The van der Waals surface area contributed by atoms with E-state index < -0.39 is 5.54 Å². The summed E-state index contributed by atoms with van der Waals surface area (Å²) in [5, 5.41) is 12.1. The first-order chi connectivity index (χ1) is 12.5. The van der Waals surface area contributed by atoms with Crippen LogP contribution in [0.4, 0.5) is 0 Å². The Bertz CT molecular complexity index is 648. The lowest BCUT2D eigenvalue weighted by Crippen LogP contribution is -2.46. The zero-order valence-electron chi connectivity index (χ0n) is 15.1. The highest BCUT2D eigenvalue weighted by Crippen LogP contribution is 2.33. The van der Waals surface area contributed by atoms with Crippen LogP contribution in [-0.4, -0.2) is 52.7 Å². The van der Waals surface area contributed by atoms with Crippen molar-refractivity contribution < 1.29 is 19.2 Å². The molecule has 1 atom stereocenters. The zero-order chi connectivity index (χ0) is 19.0. The van der Waals surface area contributed by atoms with Crippen molar-refractivity contribution in [3.8, 4) is 0 Å².